The summed E-state index contributed by atoms with van der Waals surface area (Å²) < 4.78 is 6.27. The second kappa shape index (κ2) is 6.27. The molecule has 0 fully saturated rings. The number of thiophene rings is 1. The fourth-order valence-corrected chi connectivity index (χ4v) is 3.02. The first-order chi connectivity index (χ1) is 7.62. The second-order valence-corrected chi connectivity index (χ2v) is 5.75. The molecule has 16 heavy (non-hydrogen) atoms. The van der Waals surface area contributed by atoms with Crippen LogP contribution in [0.2, 0.25) is 0 Å². The molecule has 1 aromatic rings. The Morgan fingerprint density at radius 3 is 2.94 bits per heavy atom. The van der Waals surface area contributed by atoms with E-state index < -0.39 is 5.54 Å². The van der Waals surface area contributed by atoms with E-state index in [0.29, 0.717) is 12.4 Å². The fraction of sp³-hybridized carbons (Fsp3) is 0.545. The molecular weight excluding hydrogens is 242 g/mol. The van der Waals surface area contributed by atoms with Crippen molar-refractivity contribution in [3.63, 3.8) is 0 Å². The Morgan fingerprint density at radius 1 is 1.69 bits per heavy atom. The summed E-state index contributed by atoms with van der Waals surface area (Å²) in [4.78, 5) is 11.8. The molecule has 0 radical (unpaired) electrons. The number of likely N-dealkylation sites (N-methyl/N-ethyl adjacent to an activating group) is 1. The second-order valence-electron chi connectivity index (χ2n) is 3.52. The third-order valence-electron chi connectivity index (χ3n) is 2.28. The van der Waals surface area contributed by atoms with Gasteiger partial charge in [0.1, 0.15) is 5.54 Å². The molecule has 0 bridgehead atoms. The van der Waals surface area contributed by atoms with E-state index in [0.717, 1.165) is 0 Å². The molecule has 1 unspecified atom stereocenters. The monoisotopic (exact) mass is 259 g/mol. The van der Waals surface area contributed by atoms with Crippen LogP contribution in [0.5, 0.6) is 0 Å². The van der Waals surface area contributed by atoms with Gasteiger partial charge in [0.25, 0.3) is 0 Å². The van der Waals surface area contributed by atoms with Gasteiger partial charge in [-0.2, -0.15) is 0 Å². The Morgan fingerprint density at radius 2 is 2.44 bits per heavy atom. The van der Waals surface area contributed by atoms with Crippen LogP contribution in [-0.2, 0) is 9.53 Å². The summed E-state index contributed by atoms with van der Waals surface area (Å²) in [5.74, 6) is 0.476. The molecular formula is C11H17NO2S2. The first kappa shape index (κ1) is 13.5. The predicted octanol–water partition coefficient (Wildman–Crippen LogP) is 2.38. The number of nitrogens with one attached hydrogen (secondary N) is 1. The number of carbonyl (C=O) groups is 1. The third-order valence-corrected chi connectivity index (χ3v) is 4.72. The summed E-state index contributed by atoms with van der Waals surface area (Å²) >= 11 is 3.35. The summed E-state index contributed by atoms with van der Waals surface area (Å²) in [5, 5.41) is 5.07. The lowest BCUT2D eigenvalue weighted by atomic mass is 10.1. The van der Waals surface area contributed by atoms with Crippen molar-refractivity contribution in [3.8, 4) is 0 Å². The molecule has 0 aliphatic rings. The fourth-order valence-electron chi connectivity index (χ4n) is 1.08. The maximum absolute atomic E-state index is 11.8. The summed E-state index contributed by atoms with van der Waals surface area (Å²) in [5.41, 5.74) is -0.620. The van der Waals surface area contributed by atoms with E-state index in [1.165, 1.54) is 4.21 Å². The van der Waals surface area contributed by atoms with Crippen molar-refractivity contribution in [2.45, 2.75) is 23.6 Å². The van der Waals surface area contributed by atoms with Crippen molar-refractivity contribution in [1.82, 2.24) is 5.32 Å². The van der Waals surface area contributed by atoms with E-state index in [9.17, 15) is 4.79 Å². The summed E-state index contributed by atoms with van der Waals surface area (Å²) in [6, 6.07) is 4.06. The molecule has 0 spiro atoms. The van der Waals surface area contributed by atoms with Gasteiger partial charge in [-0.3, -0.25) is 4.79 Å². The molecule has 1 N–H and O–H groups in total. The molecule has 3 nitrogen and oxygen atoms in total. The Bertz CT molecular complexity index is 327. The van der Waals surface area contributed by atoms with E-state index >= 15 is 0 Å². The third kappa shape index (κ3) is 3.50. The molecule has 0 aromatic carbocycles. The maximum Gasteiger partial charge on any atom is 0.326 e. The van der Waals surface area contributed by atoms with Gasteiger partial charge in [-0.25, -0.2) is 0 Å². The van der Waals surface area contributed by atoms with E-state index in [1.54, 1.807) is 30.1 Å². The zero-order chi connectivity index (χ0) is 12.0. The molecule has 90 valence electrons. The Balaban J connectivity index is 2.56. The number of rotatable bonds is 6. The summed E-state index contributed by atoms with van der Waals surface area (Å²) in [6.07, 6.45) is 0. The Kier molecular flexibility index (Phi) is 5.31. The highest BCUT2D eigenvalue weighted by Crippen LogP contribution is 2.27. The lowest BCUT2D eigenvalue weighted by molar-refractivity contribution is -0.149. The van der Waals surface area contributed by atoms with Crippen LogP contribution in [0.3, 0.4) is 0 Å². The smallest absolute Gasteiger partial charge is 0.326 e. The van der Waals surface area contributed by atoms with Crippen LogP contribution in [0, 0.1) is 0 Å². The van der Waals surface area contributed by atoms with E-state index in [-0.39, 0.29) is 5.97 Å². The van der Waals surface area contributed by atoms with Crippen molar-refractivity contribution in [3.05, 3.63) is 17.5 Å². The minimum atomic E-state index is -0.620. The van der Waals surface area contributed by atoms with E-state index in [2.05, 4.69) is 11.4 Å². The molecule has 1 atom stereocenters. The minimum Gasteiger partial charge on any atom is -0.465 e. The van der Waals surface area contributed by atoms with Gasteiger partial charge in [0.15, 0.2) is 0 Å². The van der Waals surface area contributed by atoms with Crippen LogP contribution in [-0.4, -0.2) is 30.9 Å². The van der Waals surface area contributed by atoms with Gasteiger partial charge in [0, 0.05) is 5.75 Å². The standard InChI is InChI=1S/C11H17NO2S2/c1-4-14-10(13)11(2,12-3)8-16-9-6-5-7-15-9/h5-7,12H,4,8H2,1-3H3. The first-order valence-corrected chi connectivity index (χ1v) is 7.01. The number of hydrogen-bond donors (Lipinski definition) is 1. The minimum absolute atomic E-state index is 0.193. The number of esters is 1. The SMILES string of the molecule is CCOC(=O)C(C)(CSc1cccs1)NC. The first-order valence-electron chi connectivity index (χ1n) is 5.15. The van der Waals surface area contributed by atoms with Gasteiger partial charge >= 0.3 is 5.97 Å². The van der Waals surface area contributed by atoms with Crippen LogP contribution >= 0.6 is 23.1 Å². The number of ether oxygens (including phenoxy) is 1. The van der Waals surface area contributed by atoms with Gasteiger partial charge in [0.2, 0.25) is 0 Å². The van der Waals surface area contributed by atoms with Crippen LogP contribution in [0.25, 0.3) is 0 Å². The molecule has 0 saturated carbocycles. The predicted molar refractivity (Wildman–Crippen MR) is 69.1 cm³/mol. The molecule has 0 saturated heterocycles. The highest BCUT2D eigenvalue weighted by atomic mass is 32.2. The molecule has 1 aromatic heterocycles. The van der Waals surface area contributed by atoms with Crippen LogP contribution in [0.4, 0.5) is 0 Å². The van der Waals surface area contributed by atoms with Crippen molar-refractivity contribution in [2.75, 3.05) is 19.4 Å². The number of hydrogen-bond acceptors (Lipinski definition) is 5. The van der Waals surface area contributed by atoms with E-state index in [4.69, 9.17) is 4.74 Å². The Labute approximate surface area is 105 Å². The zero-order valence-corrected chi connectivity index (χ0v) is 11.4. The van der Waals surface area contributed by atoms with Crippen LogP contribution < -0.4 is 5.32 Å². The van der Waals surface area contributed by atoms with Crippen LogP contribution in [0.15, 0.2) is 21.7 Å². The maximum atomic E-state index is 11.8. The average Bonchev–Trinajstić information content (AvgIpc) is 2.79. The van der Waals surface area contributed by atoms with Gasteiger partial charge in [0.05, 0.1) is 10.8 Å². The largest absolute Gasteiger partial charge is 0.465 e. The molecule has 0 aliphatic heterocycles. The lowest BCUT2D eigenvalue weighted by Gasteiger charge is -2.25. The lowest BCUT2D eigenvalue weighted by Crippen LogP contribution is -2.50. The Hall–Kier alpha value is -0.520. The topological polar surface area (TPSA) is 38.3 Å². The normalized spacial score (nSPS) is 14.4. The highest BCUT2D eigenvalue weighted by Gasteiger charge is 2.33. The quantitative estimate of drug-likeness (QED) is 0.629. The van der Waals surface area contributed by atoms with Gasteiger partial charge in [-0.15, -0.1) is 23.1 Å². The summed E-state index contributed by atoms with van der Waals surface area (Å²) in [7, 11) is 1.78. The molecule has 0 amide bonds. The van der Waals surface area contributed by atoms with Gasteiger partial charge in [-0.05, 0) is 32.3 Å². The molecule has 1 heterocycles. The number of thioether (sulfide) groups is 1. The van der Waals surface area contributed by atoms with Gasteiger partial charge in [-0.1, -0.05) is 6.07 Å². The molecule has 5 heteroatoms. The number of carbonyl (C=O) groups excluding carboxylic acids is 1. The van der Waals surface area contributed by atoms with Gasteiger partial charge < -0.3 is 10.1 Å². The highest BCUT2D eigenvalue weighted by molar-refractivity contribution is 8.01. The van der Waals surface area contributed by atoms with Crippen molar-refractivity contribution in [1.29, 1.82) is 0 Å². The van der Waals surface area contributed by atoms with Crippen molar-refractivity contribution in [2.24, 2.45) is 0 Å². The van der Waals surface area contributed by atoms with Crippen molar-refractivity contribution < 1.29 is 9.53 Å². The zero-order valence-electron chi connectivity index (χ0n) is 9.78. The summed E-state index contributed by atoms with van der Waals surface area (Å²) in [6.45, 7) is 4.10. The van der Waals surface area contributed by atoms with Crippen LogP contribution in [0.1, 0.15) is 13.8 Å². The van der Waals surface area contributed by atoms with E-state index in [1.807, 2.05) is 25.3 Å². The van der Waals surface area contributed by atoms with Crippen molar-refractivity contribution >= 4 is 29.1 Å². The molecule has 0 aliphatic carbocycles. The molecule has 1 rings (SSSR count). The average molecular weight is 259 g/mol.